The summed E-state index contributed by atoms with van der Waals surface area (Å²) in [6, 6.07) is 15.7. The lowest BCUT2D eigenvalue weighted by Crippen LogP contribution is -2.43. The fourth-order valence-corrected chi connectivity index (χ4v) is 3.32. The average molecular weight is 282 g/mol. The van der Waals surface area contributed by atoms with Crippen molar-refractivity contribution in [3.05, 3.63) is 71.3 Å². The highest BCUT2D eigenvalue weighted by molar-refractivity contribution is 5.94. The van der Waals surface area contributed by atoms with Crippen LogP contribution in [0.15, 0.2) is 54.6 Å². The van der Waals surface area contributed by atoms with Crippen molar-refractivity contribution in [2.24, 2.45) is 0 Å². The van der Waals surface area contributed by atoms with Crippen LogP contribution in [0, 0.1) is 0 Å². The first-order valence-corrected chi connectivity index (χ1v) is 6.67. The maximum atomic E-state index is 12.0. The van der Waals surface area contributed by atoms with E-state index in [0.29, 0.717) is 11.1 Å². The topological polar surface area (TPSA) is 74.6 Å². The van der Waals surface area contributed by atoms with Gasteiger partial charge >= 0.3 is 11.9 Å². The van der Waals surface area contributed by atoms with Crippen molar-refractivity contribution in [2.75, 3.05) is 0 Å². The molecule has 3 rings (SSSR count). The number of carbonyl (C=O) groups is 2. The molecule has 0 spiro atoms. The van der Waals surface area contributed by atoms with Gasteiger partial charge in [0, 0.05) is 0 Å². The maximum absolute atomic E-state index is 12.0. The number of aliphatic carboxylic acids is 2. The standard InChI is InChI=1S/C17H14O4/c18-15(19)14-13-9-5-4-6-11(13)10-17(14,16(20)21)12-7-2-1-3-8-12/h1-9,14H,10H2,(H,18,19)(H,20,21). The molecule has 0 amide bonds. The fourth-order valence-electron chi connectivity index (χ4n) is 3.32. The van der Waals surface area contributed by atoms with Gasteiger partial charge in [0.2, 0.25) is 0 Å². The summed E-state index contributed by atoms with van der Waals surface area (Å²) >= 11 is 0. The van der Waals surface area contributed by atoms with Gasteiger partial charge in [-0.2, -0.15) is 0 Å². The van der Waals surface area contributed by atoms with Crippen LogP contribution in [0.2, 0.25) is 0 Å². The first-order chi connectivity index (χ1) is 10.1. The molecule has 1 aliphatic rings. The van der Waals surface area contributed by atoms with Crippen LogP contribution in [0.5, 0.6) is 0 Å². The van der Waals surface area contributed by atoms with E-state index in [0.717, 1.165) is 5.56 Å². The SMILES string of the molecule is O=C(O)C1c2ccccc2CC1(C(=O)O)c1ccccc1. The minimum absolute atomic E-state index is 0.194. The number of rotatable bonds is 3. The van der Waals surface area contributed by atoms with Crippen molar-refractivity contribution in [1.29, 1.82) is 0 Å². The molecule has 0 fully saturated rings. The Balaban J connectivity index is 2.27. The molecule has 1 aliphatic carbocycles. The zero-order chi connectivity index (χ0) is 15.0. The Morgan fingerprint density at radius 3 is 2.19 bits per heavy atom. The van der Waals surface area contributed by atoms with Gasteiger partial charge < -0.3 is 10.2 Å². The molecule has 0 bridgehead atoms. The van der Waals surface area contributed by atoms with Crippen molar-refractivity contribution in [1.82, 2.24) is 0 Å². The molecule has 4 heteroatoms. The molecule has 2 unspecified atom stereocenters. The summed E-state index contributed by atoms with van der Waals surface area (Å²) in [6.45, 7) is 0. The zero-order valence-electron chi connectivity index (χ0n) is 11.2. The monoisotopic (exact) mass is 282 g/mol. The zero-order valence-corrected chi connectivity index (χ0v) is 11.2. The number of carboxylic acids is 2. The summed E-state index contributed by atoms with van der Waals surface area (Å²) in [6.07, 6.45) is 0.194. The summed E-state index contributed by atoms with van der Waals surface area (Å²) in [5, 5.41) is 19.5. The smallest absolute Gasteiger partial charge is 0.315 e. The first-order valence-electron chi connectivity index (χ1n) is 6.67. The van der Waals surface area contributed by atoms with Crippen LogP contribution >= 0.6 is 0 Å². The molecular formula is C17H14O4. The van der Waals surface area contributed by atoms with Crippen LogP contribution in [0.1, 0.15) is 22.6 Å². The average Bonchev–Trinajstić information content (AvgIpc) is 2.84. The van der Waals surface area contributed by atoms with Gasteiger partial charge in [-0.25, -0.2) is 0 Å². The van der Waals surface area contributed by atoms with Crippen molar-refractivity contribution >= 4 is 11.9 Å². The third-order valence-corrected chi connectivity index (χ3v) is 4.25. The highest BCUT2D eigenvalue weighted by Gasteiger charge is 2.56. The van der Waals surface area contributed by atoms with E-state index < -0.39 is 23.3 Å². The molecule has 0 radical (unpaired) electrons. The predicted octanol–water partition coefficient (Wildman–Crippen LogP) is 2.43. The van der Waals surface area contributed by atoms with E-state index in [1.807, 2.05) is 0 Å². The third kappa shape index (κ3) is 1.83. The van der Waals surface area contributed by atoms with E-state index in [-0.39, 0.29) is 6.42 Å². The second kappa shape index (κ2) is 4.74. The van der Waals surface area contributed by atoms with Gasteiger partial charge in [-0.05, 0) is 23.1 Å². The van der Waals surface area contributed by atoms with Crippen LogP contribution in [-0.2, 0) is 21.4 Å². The van der Waals surface area contributed by atoms with Crippen molar-refractivity contribution < 1.29 is 19.8 Å². The number of fused-ring (bicyclic) bond motifs is 1. The van der Waals surface area contributed by atoms with Gasteiger partial charge in [-0.3, -0.25) is 9.59 Å². The van der Waals surface area contributed by atoms with Crippen LogP contribution in [0.25, 0.3) is 0 Å². The van der Waals surface area contributed by atoms with Gasteiger partial charge in [-0.15, -0.1) is 0 Å². The Kier molecular flexibility index (Phi) is 3.01. The van der Waals surface area contributed by atoms with Crippen molar-refractivity contribution in [3.8, 4) is 0 Å². The molecule has 2 N–H and O–H groups in total. The van der Waals surface area contributed by atoms with E-state index >= 15 is 0 Å². The lowest BCUT2D eigenvalue weighted by molar-refractivity contribution is -0.151. The van der Waals surface area contributed by atoms with E-state index in [9.17, 15) is 19.8 Å². The maximum Gasteiger partial charge on any atom is 0.315 e. The third-order valence-electron chi connectivity index (χ3n) is 4.25. The molecule has 2 aromatic carbocycles. The molecule has 0 saturated heterocycles. The van der Waals surface area contributed by atoms with Gasteiger partial charge in [-0.1, -0.05) is 54.6 Å². The molecule has 2 aromatic rings. The Bertz CT molecular complexity index is 708. The fraction of sp³-hybridized carbons (Fsp3) is 0.176. The van der Waals surface area contributed by atoms with Crippen LogP contribution < -0.4 is 0 Å². The summed E-state index contributed by atoms with van der Waals surface area (Å²) < 4.78 is 0. The Morgan fingerprint density at radius 1 is 0.952 bits per heavy atom. The normalized spacial score (nSPS) is 23.5. The molecule has 2 atom stereocenters. The second-order valence-corrected chi connectivity index (χ2v) is 5.29. The summed E-state index contributed by atoms with van der Waals surface area (Å²) in [5.74, 6) is -3.28. The Hall–Kier alpha value is -2.62. The molecule has 0 saturated carbocycles. The van der Waals surface area contributed by atoms with E-state index in [1.165, 1.54) is 0 Å². The Labute approximate surface area is 121 Å². The number of carboxylic acid groups (broad SMARTS) is 2. The first kappa shape index (κ1) is 13.4. The molecule has 0 aromatic heterocycles. The van der Waals surface area contributed by atoms with Crippen molar-refractivity contribution in [2.45, 2.75) is 17.8 Å². The number of benzene rings is 2. The molecule has 21 heavy (non-hydrogen) atoms. The Morgan fingerprint density at radius 2 is 1.57 bits per heavy atom. The minimum atomic E-state index is -1.45. The molecule has 106 valence electrons. The van der Waals surface area contributed by atoms with E-state index in [4.69, 9.17) is 0 Å². The highest BCUT2D eigenvalue weighted by atomic mass is 16.4. The lowest BCUT2D eigenvalue weighted by Gasteiger charge is -2.29. The van der Waals surface area contributed by atoms with Crippen LogP contribution in [-0.4, -0.2) is 22.2 Å². The number of hydrogen-bond acceptors (Lipinski definition) is 2. The van der Waals surface area contributed by atoms with Gasteiger partial charge in [0.05, 0.1) is 0 Å². The summed E-state index contributed by atoms with van der Waals surface area (Å²) in [4.78, 5) is 23.8. The molecule has 4 nitrogen and oxygen atoms in total. The van der Waals surface area contributed by atoms with E-state index in [2.05, 4.69) is 0 Å². The predicted molar refractivity (Wildman–Crippen MR) is 76.3 cm³/mol. The molecular weight excluding hydrogens is 268 g/mol. The number of hydrogen-bond donors (Lipinski definition) is 2. The molecule has 0 aliphatic heterocycles. The molecule has 0 heterocycles. The minimum Gasteiger partial charge on any atom is -0.481 e. The second-order valence-electron chi connectivity index (χ2n) is 5.29. The quantitative estimate of drug-likeness (QED) is 0.906. The lowest BCUT2D eigenvalue weighted by atomic mass is 9.70. The highest BCUT2D eigenvalue weighted by Crippen LogP contribution is 2.49. The summed E-state index contributed by atoms with van der Waals surface area (Å²) in [5.41, 5.74) is 0.463. The van der Waals surface area contributed by atoms with Gasteiger partial charge in [0.1, 0.15) is 11.3 Å². The van der Waals surface area contributed by atoms with Crippen molar-refractivity contribution in [3.63, 3.8) is 0 Å². The van der Waals surface area contributed by atoms with Gasteiger partial charge in [0.25, 0.3) is 0 Å². The van der Waals surface area contributed by atoms with Crippen LogP contribution in [0.4, 0.5) is 0 Å². The largest absolute Gasteiger partial charge is 0.481 e. The van der Waals surface area contributed by atoms with E-state index in [1.54, 1.807) is 54.6 Å². The van der Waals surface area contributed by atoms with Gasteiger partial charge in [0.15, 0.2) is 0 Å². The van der Waals surface area contributed by atoms with Crippen LogP contribution in [0.3, 0.4) is 0 Å². The summed E-state index contributed by atoms with van der Waals surface area (Å²) in [7, 11) is 0.